The quantitative estimate of drug-likeness (QED) is 0.620. The molecular weight excluding hydrogens is 122 g/mol. The maximum atomic E-state index is 5.69. The highest BCUT2D eigenvalue weighted by molar-refractivity contribution is 4.89. The number of nitrogens with two attached hydrogens (primary N) is 1. The predicted molar refractivity (Wildman–Crippen MR) is 42.6 cm³/mol. The highest BCUT2D eigenvalue weighted by Gasteiger charge is 2.38. The lowest BCUT2D eigenvalue weighted by molar-refractivity contribution is 0.353. The van der Waals surface area contributed by atoms with Crippen molar-refractivity contribution in [2.75, 3.05) is 6.54 Å². The zero-order valence-corrected chi connectivity index (χ0v) is 6.55. The molecule has 0 bridgehead atoms. The summed E-state index contributed by atoms with van der Waals surface area (Å²) in [5.74, 6) is 3.02. The molecular formula is C9H17N. The molecule has 0 aromatic carbocycles. The molecule has 58 valence electrons. The smallest absolute Gasteiger partial charge is 0.00461 e. The lowest BCUT2D eigenvalue weighted by Gasteiger charge is -2.16. The van der Waals surface area contributed by atoms with Crippen molar-refractivity contribution < 1.29 is 0 Å². The first-order chi connectivity index (χ1) is 4.92. The zero-order chi connectivity index (χ0) is 6.97. The second-order valence-electron chi connectivity index (χ2n) is 3.93. The van der Waals surface area contributed by atoms with Crippen LogP contribution in [0.15, 0.2) is 0 Å². The molecule has 1 heteroatoms. The lowest BCUT2D eigenvalue weighted by Crippen LogP contribution is -2.19. The molecule has 0 aromatic rings. The highest BCUT2D eigenvalue weighted by Crippen LogP contribution is 2.47. The van der Waals surface area contributed by atoms with Gasteiger partial charge in [-0.05, 0) is 50.0 Å². The molecule has 2 saturated carbocycles. The maximum absolute atomic E-state index is 5.69. The molecule has 2 rings (SSSR count). The van der Waals surface area contributed by atoms with Crippen molar-refractivity contribution in [3.05, 3.63) is 0 Å². The minimum atomic E-state index is 0.896. The topological polar surface area (TPSA) is 26.0 Å². The molecule has 0 unspecified atom stereocenters. The summed E-state index contributed by atoms with van der Waals surface area (Å²) in [7, 11) is 0. The fourth-order valence-electron chi connectivity index (χ4n) is 2.50. The van der Waals surface area contributed by atoms with Gasteiger partial charge >= 0.3 is 0 Å². The van der Waals surface area contributed by atoms with E-state index in [1.807, 2.05) is 0 Å². The van der Waals surface area contributed by atoms with Crippen LogP contribution in [-0.2, 0) is 0 Å². The molecule has 0 saturated heterocycles. The molecule has 2 aliphatic rings. The van der Waals surface area contributed by atoms with Crippen LogP contribution in [0.25, 0.3) is 0 Å². The fraction of sp³-hybridized carbons (Fsp3) is 1.00. The third kappa shape index (κ3) is 1.07. The summed E-state index contributed by atoms with van der Waals surface area (Å²) in [5, 5.41) is 0. The standard InChI is InChI=1S/C9H17N/c10-6-8-2-1-3-9(8)7-4-5-7/h7-9H,1-6,10H2/t8-,9-/m0/s1. The predicted octanol–water partition coefficient (Wildman–Crippen LogP) is 1.77. The van der Waals surface area contributed by atoms with Gasteiger partial charge in [-0.3, -0.25) is 0 Å². The Morgan fingerprint density at radius 2 is 1.90 bits per heavy atom. The SMILES string of the molecule is NC[C@@H]1CCC[C@H]1C1CC1. The molecule has 2 fully saturated rings. The monoisotopic (exact) mass is 139 g/mol. The van der Waals surface area contributed by atoms with E-state index in [4.69, 9.17) is 5.73 Å². The van der Waals surface area contributed by atoms with Gasteiger partial charge in [-0.1, -0.05) is 6.42 Å². The molecule has 0 radical (unpaired) electrons. The van der Waals surface area contributed by atoms with Crippen molar-refractivity contribution in [1.82, 2.24) is 0 Å². The highest BCUT2D eigenvalue weighted by atomic mass is 14.6. The first-order valence-corrected chi connectivity index (χ1v) is 4.62. The third-order valence-electron chi connectivity index (χ3n) is 3.25. The van der Waals surface area contributed by atoms with Gasteiger partial charge in [0.15, 0.2) is 0 Å². The zero-order valence-electron chi connectivity index (χ0n) is 6.55. The Bertz CT molecular complexity index is 118. The van der Waals surface area contributed by atoms with E-state index in [1.165, 1.54) is 32.1 Å². The van der Waals surface area contributed by atoms with E-state index in [0.29, 0.717) is 0 Å². The van der Waals surface area contributed by atoms with E-state index >= 15 is 0 Å². The molecule has 0 amide bonds. The van der Waals surface area contributed by atoms with Crippen LogP contribution in [0.4, 0.5) is 0 Å². The van der Waals surface area contributed by atoms with E-state index in [2.05, 4.69) is 0 Å². The van der Waals surface area contributed by atoms with E-state index in [9.17, 15) is 0 Å². The average Bonchev–Trinajstić information content (AvgIpc) is 2.69. The molecule has 0 aliphatic heterocycles. The second-order valence-corrected chi connectivity index (χ2v) is 3.93. The largest absolute Gasteiger partial charge is 0.330 e. The van der Waals surface area contributed by atoms with Gasteiger partial charge in [0.1, 0.15) is 0 Å². The van der Waals surface area contributed by atoms with Crippen molar-refractivity contribution in [1.29, 1.82) is 0 Å². The van der Waals surface area contributed by atoms with Crippen molar-refractivity contribution in [3.8, 4) is 0 Å². The van der Waals surface area contributed by atoms with E-state index in [1.54, 1.807) is 0 Å². The summed E-state index contributed by atoms with van der Waals surface area (Å²) in [4.78, 5) is 0. The molecule has 2 N–H and O–H groups in total. The molecule has 0 aromatic heterocycles. The Balaban J connectivity index is 1.91. The molecule has 1 nitrogen and oxygen atoms in total. The Hall–Kier alpha value is -0.0400. The number of hydrogen-bond acceptors (Lipinski definition) is 1. The van der Waals surface area contributed by atoms with Crippen LogP contribution in [0, 0.1) is 17.8 Å². The van der Waals surface area contributed by atoms with Crippen LogP contribution in [0.3, 0.4) is 0 Å². The summed E-state index contributed by atoms with van der Waals surface area (Å²) in [6, 6.07) is 0. The van der Waals surface area contributed by atoms with Crippen molar-refractivity contribution in [3.63, 3.8) is 0 Å². The number of rotatable bonds is 2. The Labute approximate surface area is 63.0 Å². The van der Waals surface area contributed by atoms with Gasteiger partial charge in [-0.15, -0.1) is 0 Å². The summed E-state index contributed by atoms with van der Waals surface area (Å²) in [6.07, 6.45) is 7.34. The third-order valence-corrected chi connectivity index (χ3v) is 3.25. The van der Waals surface area contributed by atoms with Gasteiger partial charge in [0, 0.05) is 0 Å². The Morgan fingerprint density at radius 3 is 2.50 bits per heavy atom. The molecule has 2 aliphatic carbocycles. The molecule has 0 spiro atoms. The van der Waals surface area contributed by atoms with E-state index < -0.39 is 0 Å². The van der Waals surface area contributed by atoms with E-state index in [0.717, 1.165) is 24.3 Å². The first-order valence-electron chi connectivity index (χ1n) is 4.62. The van der Waals surface area contributed by atoms with Gasteiger partial charge in [-0.2, -0.15) is 0 Å². The summed E-state index contributed by atoms with van der Waals surface area (Å²) < 4.78 is 0. The summed E-state index contributed by atoms with van der Waals surface area (Å²) in [6.45, 7) is 0.946. The number of hydrogen-bond donors (Lipinski definition) is 1. The Kier molecular flexibility index (Phi) is 1.69. The fourth-order valence-corrected chi connectivity index (χ4v) is 2.50. The Morgan fingerprint density at radius 1 is 1.10 bits per heavy atom. The molecule has 10 heavy (non-hydrogen) atoms. The van der Waals surface area contributed by atoms with Crippen LogP contribution in [0.5, 0.6) is 0 Å². The van der Waals surface area contributed by atoms with Crippen LogP contribution < -0.4 is 5.73 Å². The van der Waals surface area contributed by atoms with Crippen LogP contribution in [0.2, 0.25) is 0 Å². The van der Waals surface area contributed by atoms with Gasteiger partial charge in [0.05, 0.1) is 0 Å². The van der Waals surface area contributed by atoms with Crippen LogP contribution >= 0.6 is 0 Å². The van der Waals surface area contributed by atoms with Crippen molar-refractivity contribution in [2.24, 2.45) is 23.5 Å². The normalized spacial score (nSPS) is 40.5. The van der Waals surface area contributed by atoms with Gasteiger partial charge in [0.25, 0.3) is 0 Å². The van der Waals surface area contributed by atoms with Crippen LogP contribution in [-0.4, -0.2) is 6.54 Å². The molecule has 2 atom stereocenters. The molecule has 0 heterocycles. The van der Waals surface area contributed by atoms with Gasteiger partial charge in [-0.25, -0.2) is 0 Å². The summed E-state index contributed by atoms with van der Waals surface area (Å²) >= 11 is 0. The summed E-state index contributed by atoms with van der Waals surface area (Å²) in [5.41, 5.74) is 5.69. The van der Waals surface area contributed by atoms with Gasteiger partial charge in [0.2, 0.25) is 0 Å². The van der Waals surface area contributed by atoms with E-state index in [-0.39, 0.29) is 0 Å². The van der Waals surface area contributed by atoms with Gasteiger partial charge < -0.3 is 5.73 Å². The first kappa shape index (κ1) is 6.66. The van der Waals surface area contributed by atoms with Crippen LogP contribution in [0.1, 0.15) is 32.1 Å². The van der Waals surface area contributed by atoms with Crippen molar-refractivity contribution >= 4 is 0 Å². The van der Waals surface area contributed by atoms with Crippen molar-refractivity contribution in [2.45, 2.75) is 32.1 Å². The average molecular weight is 139 g/mol. The minimum absolute atomic E-state index is 0.896. The maximum Gasteiger partial charge on any atom is -0.00461 e. The lowest BCUT2D eigenvalue weighted by atomic mass is 9.92. The second kappa shape index (κ2) is 2.54. The minimum Gasteiger partial charge on any atom is -0.330 e.